The van der Waals surface area contributed by atoms with Gasteiger partial charge in [0.1, 0.15) is 11.3 Å². The van der Waals surface area contributed by atoms with E-state index in [4.69, 9.17) is 15.7 Å². The first-order chi connectivity index (χ1) is 17.1. The van der Waals surface area contributed by atoms with Gasteiger partial charge in [-0.1, -0.05) is 6.42 Å². The number of likely N-dealkylation sites (tertiary alicyclic amines) is 1. The standard InChI is InChI=1S/C28H37N7O/c1-17(2)34-16-31-21-12-20(32-25(29)23(21)34)18-11-22-24(30-15-18)27(3,4)26(36)35(22)19-13-28(5,14-19)33-9-7-6-8-10-33/h11-12,15-17,19H,6-10,13-14H2,1-5H3,(H2,29,32)/t19-,28+. The number of anilines is 2. The number of imidazole rings is 1. The quantitative estimate of drug-likeness (QED) is 0.574. The Morgan fingerprint density at radius 2 is 1.78 bits per heavy atom. The molecule has 1 saturated heterocycles. The van der Waals surface area contributed by atoms with Crippen LogP contribution in [-0.4, -0.2) is 55.0 Å². The molecule has 1 saturated carbocycles. The number of hydrogen-bond donors (Lipinski definition) is 1. The summed E-state index contributed by atoms with van der Waals surface area (Å²) in [6, 6.07) is 4.49. The fourth-order valence-electron chi connectivity index (χ4n) is 6.59. The molecule has 0 bridgehead atoms. The number of rotatable bonds is 4. The van der Waals surface area contributed by atoms with Gasteiger partial charge in [-0.15, -0.1) is 0 Å². The van der Waals surface area contributed by atoms with Crippen LogP contribution in [0.5, 0.6) is 0 Å². The number of fused-ring (bicyclic) bond motifs is 2. The second-order valence-electron chi connectivity index (χ2n) is 12.0. The summed E-state index contributed by atoms with van der Waals surface area (Å²) in [6.07, 6.45) is 9.53. The second-order valence-corrected chi connectivity index (χ2v) is 12.0. The van der Waals surface area contributed by atoms with Crippen LogP contribution < -0.4 is 10.6 Å². The number of amides is 1. The lowest BCUT2D eigenvalue weighted by Crippen LogP contribution is -2.64. The average molecular weight is 488 g/mol. The van der Waals surface area contributed by atoms with Crippen molar-refractivity contribution in [2.45, 2.75) is 89.8 Å². The Morgan fingerprint density at radius 3 is 2.47 bits per heavy atom. The van der Waals surface area contributed by atoms with E-state index in [1.807, 2.05) is 41.9 Å². The molecule has 1 aliphatic carbocycles. The summed E-state index contributed by atoms with van der Waals surface area (Å²) < 4.78 is 2.04. The molecule has 0 spiro atoms. The lowest BCUT2D eigenvalue weighted by molar-refractivity contribution is -0.123. The molecule has 8 nitrogen and oxygen atoms in total. The summed E-state index contributed by atoms with van der Waals surface area (Å²) in [5, 5.41) is 0. The highest BCUT2D eigenvalue weighted by Crippen LogP contribution is 2.49. The zero-order chi connectivity index (χ0) is 25.4. The molecule has 190 valence electrons. The van der Waals surface area contributed by atoms with Crippen LogP contribution in [0.3, 0.4) is 0 Å². The summed E-state index contributed by atoms with van der Waals surface area (Å²) in [7, 11) is 0. The van der Waals surface area contributed by atoms with E-state index >= 15 is 0 Å². The average Bonchev–Trinajstić information content (AvgIpc) is 3.35. The highest BCUT2D eigenvalue weighted by Gasteiger charge is 2.54. The largest absolute Gasteiger partial charge is 0.382 e. The number of aromatic nitrogens is 4. The SMILES string of the molecule is CC(C)n1cnc2cc(-c3cnc4c(c3)N([C@H]3C[C@@](C)(N5CCCCC5)C3)C(=O)C4(C)C)nc(N)c21. The number of hydrogen-bond acceptors (Lipinski definition) is 6. The molecule has 36 heavy (non-hydrogen) atoms. The van der Waals surface area contributed by atoms with Crippen molar-refractivity contribution in [3.05, 3.63) is 30.4 Å². The highest BCUT2D eigenvalue weighted by atomic mass is 16.2. The summed E-state index contributed by atoms with van der Waals surface area (Å²) in [6.45, 7) is 12.9. The number of nitrogens with two attached hydrogens (primary N) is 1. The Kier molecular flexibility index (Phi) is 5.20. The van der Waals surface area contributed by atoms with Crippen molar-refractivity contribution < 1.29 is 4.79 Å². The molecular formula is C28H37N7O. The van der Waals surface area contributed by atoms with Crippen molar-refractivity contribution >= 4 is 28.4 Å². The van der Waals surface area contributed by atoms with Crippen molar-refractivity contribution in [2.24, 2.45) is 0 Å². The zero-order valence-electron chi connectivity index (χ0n) is 22.1. The summed E-state index contributed by atoms with van der Waals surface area (Å²) in [5.74, 6) is 0.602. The molecule has 1 amide bonds. The highest BCUT2D eigenvalue weighted by molar-refractivity contribution is 6.08. The predicted molar refractivity (Wildman–Crippen MR) is 143 cm³/mol. The van der Waals surface area contributed by atoms with Crippen molar-refractivity contribution in [1.29, 1.82) is 0 Å². The van der Waals surface area contributed by atoms with Crippen LogP contribution in [0, 0.1) is 0 Å². The Balaban J connectivity index is 1.35. The third-order valence-corrected chi connectivity index (χ3v) is 8.74. The van der Waals surface area contributed by atoms with E-state index in [1.165, 1.54) is 32.4 Å². The van der Waals surface area contributed by atoms with Crippen LogP contribution in [0.1, 0.15) is 78.5 Å². The third-order valence-electron chi connectivity index (χ3n) is 8.74. The molecule has 2 N–H and O–H groups in total. The van der Waals surface area contributed by atoms with Gasteiger partial charge in [-0.25, -0.2) is 9.97 Å². The fraction of sp³-hybridized carbons (Fsp3) is 0.571. The zero-order valence-corrected chi connectivity index (χ0v) is 22.1. The number of piperidine rings is 1. The van der Waals surface area contributed by atoms with Gasteiger partial charge in [0.25, 0.3) is 0 Å². The Hall–Kier alpha value is -3.00. The topological polar surface area (TPSA) is 93.2 Å². The van der Waals surface area contributed by atoms with Gasteiger partial charge in [0.15, 0.2) is 0 Å². The molecule has 0 radical (unpaired) electrons. The van der Waals surface area contributed by atoms with E-state index in [0.29, 0.717) is 5.82 Å². The van der Waals surface area contributed by atoms with Crippen molar-refractivity contribution in [3.63, 3.8) is 0 Å². The van der Waals surface area contributed by atoms with Gasteiger partial charge in [-0.2, -0.15) is 0 Å². The van der Waals surface area contributed by atoms with Crippen molar-refractivity contribution in [3.8, 4) is 11.3 Å². The first-order valence-electron chi connectivity index (χ1n) is 13.3. The number of nitrogens with zero attached hydrogens (tertiary/aromatic N) is 6. The van der Waals surface area contributed by atoms with Gasteiger partial charge in [-0.3, -0.25) is 14.7 Å². The maximum absolute atomic E-state index is 13.7. The minimum Gasteiger partial charge on any atom is -0.382 e. The lowest BCUT2D eigenvalue weighted by Gasteiger charge is -2.55. The molecule has 8 heteroatoms. The van der Waals surface area contributed by atoms with E-state index in [-0.39, 0.29) is 23.5 Å². The first-order valence-corrected chi connectivity index (χ1v) is 13.3. The van der Waals surface area contributed by atoms with Crippen LogP contribution in [0.25, 0.3) is 22.3 Å². The first kappa shape index (κ1) is 23.4. The Bertz CT molecular complexity index is 1350. The monoisotopic (exact) mass is 487 g/mol. The minimum atomic E-state index is -0.641. The summed E-state index contributed by atoms with van der Waals surface area (Å²) >= 11 is 0. The molecule has 5 heterocycles. The Labute approximate surface area is 212 Å². The molecule has 0 unspecified atom stereocenters. The van der Waals surface area contributed by atoms with Crippen molar-refractivity contribution in [1.82, 2.24) is 24.4 Å². The Morgan fingerprint density at radius 1 is 1.06 bits per heavy atom. The lowest BCUT2D eigenvalue weighted by atomic mass is 9.71. The second kappa shape index (κ2) is 8.00. The van der Waals surface area contributed by atoms with Gasteiger partial charge >= 0.3 is 0 Å². The van der Waals surface area contributed by atoms with Crippen LogP contribution in [0.2, 0.25) is 0 Å². The maximum atomic E-state index is 13.7. The van der Waals surface area contributed by atoms with E-state index in [2.05, 4.69) is 36.7 Å². The molecule has 0 aromatic carbocycles. The van der Waals surface area contributed by atoms with E-state index < -0.39 is 5.41 Å². The molecule has 3 aliphatic rings. The van der Waals surface area contributed by atoms with Gasteiger partial charge in [0.2, 0.25) is 5.91 Å². The third kappa shape index (κ3) is 3.37. The molecule has 6 rings (SSSR count). The predicted octanol–water partition coefficient (Wildman–Crippen LogP) is 4.69. The van der Waals surface area contributed by atoms with Gasteiger partial charge in [0.05, 0.1) is 34.3 Å². The summed E-state index contributed by atoms with van der Waals surface area (Å²) in [5.41, 5.74) is 11.0. The van der Waals surface area contributed by atoms with Crippen LogP contribution in [-0.2, 0) is 10.2 Å². The van der Waals surface area contributed by atoms with Crippen molar-refractivity contribution in [2.75, 3.05) is 23.7 Å². The van der Waals surface area contributed by atoms with E-state index in [9.17, 15) is 4.79 Å². The number of pyridine rings is 2. The van der Waals surface area contributed by atoms with Gasteiger partial charge in [-0.05, 0) is 85.5 Å². The molecule has 2 fully saturated rings. The molecule has 2 aliphatic heterocycles. The van der Waals surface area contributed by atoms with Crippen LogP contribution in [0.4, 0.5) is 11.5 Å². The molecule has 0 atom stereocenters. The molecule has 3 aromatic heterocycles. The normalized spacial score (nSPS) is 26.0. The number of carbonyl (C=O) groups excluding carboxylic acids is 1. The van der Waals surface area contributed by atoms with Crippen LogP contribution >= 0.6 is 0 Å². The van der Waals surface area contributed by atoms with E-state index in [0.717, 1.165) is 46.5 Å². The number of carbonyl (C=O) groups is 1. The smallest absolute Gasteiger partial charge is 0.239 e. The molecule has 3 aromatic rings. The minimum absolute atomic E-state index is 0.145. The van der Waals surface area contributed by atoms with Gasteiger partial charge in [0, 0.05) is 29.4 Å². The van der Waals surface area contributed by atoms with Gasteiger partial charge < -0.3 is 15.2 Å². The van der Waals surface area contributed by atoms with Crippen LogP contribution in [0.15, 0.2) is 24.7 Å². The van der Waals surface area contributed by atoms with E-state index in [1.54, 1.807) is 0 Å². The number of nitrogen functional groups attached to an aromatic ring is 1. The maximum Gasteiger partial charge on any atom is 0.239 e. The summed E-state index contributed by atoms with van der Waals surface area (Å²) in [4.78, 5) is 32.5. The molecular weight excluding hydrogens is 450 g/mol. The fourth-order valence-corrected chi connectivity index (χ4v) is 6.59.